The predicted octanol–water partition coefficient (Wildman–Crippen LogP) is 7.19. The molecular formula is C33H21BrFN5O3. The van der Waals surface area contributed by atoms with Crippen molar-refractivity contribution in [3.05, 3.63) is 129 Å². The minimum absolute atomic E-state index is 0.0118. The molecule has 0 spiro atoms. The summed E-state index contributed by atoms with van der Waals surface area (Å²) in [6.07, 6.45) is 3.36. The molecule has 7 rings (SSSR count). The number of nitrogens with zero attached hydrogens (tertiary/aromatic N) is 4. The molecule has 0 aliphatic rings. The highest BCUT2D eigenvalue weighted by Crippen LogP contribution is 2.29. The highest BCUT2D eigenvalue weighted by molar-refractivity contribution is 9.10. The van der Waals surface area contributed by atoms with Crippen molar-refractivity contribution in [1.29, 1.82) is 0 Å². The van der Waals surface area contributed by atoms with Gasteiger partial charge in [0.15, 0.2) is 5.76 Å². The lowest BCUT2D eigenvalue weighted by Gasteiger charge is -2.07. The van der Waals surface area contributed by atoms with Crippen LogP contribution in [-0.4, -0.2) is 26.3 Å². The molecule has 0 radical (unpaired) electrons. The molecule has 43 heavy (non-hydrogen) atoms. The second-order valence-electron chi connectivity index (χ2n) is 9.89. The topological polar surface area (TPSA) is 94.4 Å². The molecule has 1 amide bonds. The van der Waals surface area contributed by atoms with Crippen molar-refractivity contribution < 1.29 is 13.6 Å². The van der Waals surface area contributed by atoms with E-state index >= 15 is 0 Å². The summed E-state index contributed by atoms with van der Waals surface area (Å²) in [6, 6.07) is 27.9. The Morgan fingerprint density at radius 1 is 0.977 bits per heavy atom. The third-order valence-electron chi connectivity index (χ3n) is 7.01. The standard InChI is InChI=1S/C33H21BrFN5O3/c34-22-12-13-29-20(14-22)15-30(43-29)32-38-27-10-3-1-9-26(27)33(42)40(32)36-17-21-18-39(28-11-4-2-8-25(21)28)19-31(41)37-24-7-5-6-23(35)16-24/h1-18H,19H2,(H,37,41). The fraction of sp³-hybridized carbons (Fsp3) is 0.0303. The van der Waals surface area contributed by atoms with Crippen LogP contribution in [0.2, 0.25) is 0 Å². The number of halogens is 2. The third kappa shape index (κ3) is 5.13. The first-order chi connectivity index (χ1) is 20.9. The largest absolute Gasteiger partial charge is 0.453 e. The zero-order chi connectivity index (χ0) is 29.5. The SMILES string of the molecule is O=C(Cn1cc(C=Nn2c(-c3cc4cc(Br)ccc4o3)nc3ccccc3c2=O)c2ccccc21)Nc1cccc(F)c1. The maximum atomic E-state index is 13.7. The molecule has 8 nitrogen and oxygen atoms in total. The van der Waals surface area contributed by atoms with Crippen LogP contribution in [0, 0.1) is 5.82 Å². The van der Waals surface area contributed by atoms with Gasteiger partial charge in [-0.25, -0.2) is 9.37 Å². The smallest absolute Gasteiger partial charge is 0.282 e. The highest BCUT2D eigenvalue weighted by Gasteiger charge is 2.17. The number of hydrogen-bond donors (Lipinski definition) is 1. The molecule has 4 aromatic carbocycles. The van der Waals surface area contributed by atoms with Gasteiger partial charge in [0.1, 0.15) is 17.9 Å². The van der Waals surface area contributed by atoms with Crippen LogP contribution in [0.25, 0.3) is 44.4 Å². The molecule has 0 bridgehead atoms. The van der Waals surface area contributed by atoms with E-state index < -0.39 is 5.82 Å². The molecule has 1 N–H and O–H groups in total. The fourth-order valence-electron chi connectivity index (χ4n) is 5.06. The van der Waals surface area contributed by atoms with Crippen LogP contribution in [0.15, 0.2) is 122 Å². The molecule has 10 heteroatoms. The molecule has 0 fully saturated rings. The fourth-order valence-corrected chi connectivity index (χ4v) is 5.44. The van der Waals surface area contributed by atoms with E-state index in [0.717, 1.165) is 20.8 Å². The molecule has 0 aliphatic heterocycles. The second-order valence-corrected chi connectivity index (χ2v) is 10.8. The van der Waals surface area contributed by atoms with Gasteiger partial charge in [0, 0.05) is 38.2 Å². The Labute approximate surface area is 251 Å². The van der Waals surface area contributed by atoms with Crippen LogP contribution >= 0.6 is 15.9 Å². The summed E-state index contributed by atoms with van der Waals surface area (Å²) in [5.41, 5.74) is 2.68. The van der Waals surface area contributed by atoms with Gasteiger partial charge in [-0.15, -0.1) is 0 Å². The summed E-state index contributed by atoms with van der Waals surface area (Å²) < 4.78 is 23.6. The summed E-state index contributed by atoms with van der Waals surface area (Å²) >= 11 is 3.48. The number of carbonyl (C=O) groups is 1. The van der Waals surface area contributed by atoms with Crippen molar-refractivity contribution in [1.82, 2.24) is 14.2 Å². The van der Waals surface area contributed by atoms with E-state index in [0.29, 0.717) is 33.5 Å². The van der Waals surface area contributed by atoms with Gasteiger partial charge >= 0.3 is 0 Å². The van der Waals surface area contributed by atoms with Crippen LogP contribution in [0.1, 0.15) is 5.56 Å². The number of benzene rings is 4. The van der Waals surface area contributed by atoms with Gasteiger partial charge in [-0.3, -0.25) is 9.59 Å². The minimum atomic E-state index is -0.434. The normalized spacial score (nSPS) is 11.7. The van der Waals surface area contributed by atoms with E-state index in [4.69, 9.17) is 9.40 Å². The lowest BCUT2D eigenvalue weighted by atomic mass is 10.2. The van der Waals surface area contributed by atoms with Gasteiger partial charge < -0.3 is 14.3 Å². The van der Waals surface area contributed by atoms with E-state index in [-0.39, 0.29) is 23.8 Å². The molecule has 3 aromatic heterocycles. The first-order valence-electron chi connectivity index (χ1n) is 13.3. The minimum Gasteiger partial charge on any atom is -0.453 e. The second kappa shape index (κ2) is 10.8. The van der Waals surface area contributed by atoms with Gasteiger partial charge in [0.05, 0.1) is 17.1 Å². The average Bonchev–Trinajstić information content (AvgIpc) is 3.57. The zero-order valence-electron chi connectivity index (χ0n) is 22.4. The van der Waals surface area contributed by atoms with Crippen LogP contribution in [-0.2, 0) is 11.3 Å². The molecule has 0 saturated heterocycles. The number of rotatable bonds is 6. The first kappa shape index (κ1) is 26.5. The number of furan rings is 1. The monoisotopic (exact) mass is 633 g/mol. The Bertz CT molecular complexity index is 2280. The Kier molecular flexibility index (Phi) is 6.67. The van der Waals surface area contributed by atoms with Crippen LogP contribution in [0.3, 0.4) is 0 Å². The van der Waals surface area contributed by atoms with Gasteiger partial charge in [-0.1, -0.05) is 52.3 Å². The molecule has 3 heterocycles. The molecule has 0 atom stereocenters. The Morgan fingerprint density at radius 3 is 2.65 bits per heavy atom. The number of nitrogens with one attached hydrogen (secondary N) is 1. The number of fused-ring (bicyclic) bond motifs is 3. The Balaban J connectivity index is 1.30. The summed E-state index contributed by atoms with van der Waals surface area (Å²) in [4.78, 5) is 31.3. The number of anilines is 1. The number of para-hydroxylation sites is 2. The number of aromatic nitrogens is 3. The molecule has 0 unspecified atom stereocenters. The van der Waals surface area contributed by atoms with Gasteiger partial charge in [0.2, 0.25) is 11.7 Å². The molecular weight excluding hydrogens is 613 g/mol. The van der Waals surface area contributed by atoms with Crippen LogP contribution in [0.5, 0.6) is 0 Å². The van der Waals surface area contributed by atoms with Crippen molar-refractivity contribution in [2.24, 2.45) is 5.10 Å². The maximum absolute atomic E-state index is 13.7. The van der Waals surface area contributed by atoms with Crippen LogP contribution < -0.4 is 10.9 Å². The molecule has 7 aromatic rings. The lowest BCUT2D eigenvalue weighted by molar-refractivity contribution is -0.116. The summed E-state index contributed by atoms with van der Waals surface area (Å²) in [5, 5.41) is 9.43. The van der Waals surface area contributed by atoms with E-state index in [1.54, 1.807) is 41.2 Å². The summed E-state index contributed by atoms with van der Waals surface area (Å²) in [6.45, 7) is -0.0118. The van der Waals surface area contributed by atoms with Crippen LogP contribution in [0.4, 0.5) is 10.1 Å². The van der Waals surface area contributed by atoms with Gasteiger partial charge in [-0.05, 0) is 60.7 Å². The summed E-state index contributed by atoms with van der Waals surface area (Å²) in [7, 11) is 0. The van der Waals surface area contributed by atoms with Gasteiger partial charge in [0.25, 0.3) is 5.56 Å². The van der Waals surface area contributed by atoms with Crippen molar-refractivity contribution in [2.75, 3.05) is 5.32 Å². The highest BCUT2D eigenvalue weighted by atomic mass is 79.9. The maximum Gasteiger partial charge on any atom is 0.282 e. The van der Waals surface area contributed by atoms with Crippen molar-refractivity contribution in [3.8, 4) is 11.6 Å². The number of hydrogen-bond acceptors (Lipinski definition) is 5. The first-order valence-corrected chi connectivity index (χ1v) is 14.1. The van der Waals surface area contributed by atoms with E-state index in [2.05, 4.69) is 26.3 Å². The Morgan fingerprint density at radius 2 is 1.79 bits per heavy atom. The van der Waals surface area contributed by atoms with E-state index in [1.165, 1.54) is 22.9 Å². The van der Waals surface area contributed by atoms with Crippen molar-refractivity contribution in [2.45, 2.75) is 6.54 Å². The average molecular weight is 634 g/mol. The number of carbonyl (C=O) groups excluding carboxylic acids is 1. The summed E-state index contributed by atoms with van der Waals surface area (Å²) in [5.74, 6) is -0.102. The van der Waals surface area contributed by atoms with Crippen molar-refractivity contribution in [3.63, 3.8) is 0 Å². The quantitative estimate of drug-likeness (QED) is 0.196. The third-order valence-corrected chi connectivity index (χ3v) is 7.50. The zero-order valence-corrected chi connectivity index (χ0v) is 24.0. The van der Waals surface area contributed by atoms with E-state index in [1.807, 2.05) is 54.6 Å². The molecule has 0 aliphatic carbocycles. The molecule has 0 saturated carbocycles. The lowest BCUT2D eigenvalue weighted by Crippen LogP contribution is -2.20. The van der Waals surface area contributed by atoms with Gasteiger partial charge in [-0.2, -0.15) is 9.78 Å². The van der Waals surface area contributed by atoms with Crippen molar-refractivity contribution >= 4 is 66.5 Å². The number of amides is 1. The predicted molar refractivity (Wildman–Crippen MR) is 169 cm³/mol. The molecule has 210 valence electrons. The van der Waals surface area contributed by atoms with E-state index in [9.17, 15) is 14.0 Å². The Hall–Kier alpha value is -5.35.